The van der Waals surface area contributed by atoms with Crippen LogP contribution in [0.1, 0.15) is 25.5 Å². The van der Waals surface area contributed by atoms with Crippen molar-refractivity contribution in [3.8, 4) is 11.5 Å². The fraction of sp³-hybridized carbons (Fsp3) is 0.429. The standard InChI is InChI=1S/C14H21NO2/c1-5-6-9-17-14-10-12(16-4)7-8-13(14)11(2)15-3/h5-8,10-11,15H,9H2,1-4H3/b6-5+. The van der Waals surface area contributed by atoms with Crippen LogP contribution < -0.4 is 14.8 Å². The van der Waals surface area contributed by atoms with Crippen LogP contribution in [0.15, 0.2) is 30.4 Å². The van der Waals surface area contributed by atoms with E-state index in [1.807, 2.05) is 44.3 Å². The Morgan fingerprint density at radius 1 is 1.41 bits per heavy atom. The number of hydrogen-bond acceptors (Lipinski definition) is 3. The van der Waals surface area contributed by atoms with Gasteiger partial charge in [-0.1, -0.05) is 18.2 Å². The van der Waals surface area contributed by atoms with Crippen molar-refractivity contribution in [2.24, 2.45) is 0 Å². The molecule has 0 saturated heterocycles. The molecule has 0 aliphatic heterocycles. The van der Waals surface area contributed by atoms with Gasteiger partial charge in [0.15, 0.2) is 0 Å². The van der Waals surface area contributed by atoms with Crippen molar-refractivity contribution in [3.63, 3.8) is 0 Å². The van der Waals surface area contributed by atoms with E-state index < -0.39 is 0 Å². The lowest BCUT2D eigenvalue weighted by molar-refractivity contribution is 0.349. The molecule has 0 amide bonds. The van der Waals surface area contributed by atoms with Crippen molar-refractivity contribution in [3.05, 3.63) is 35.9 Å². The van der Waals surface area contributed by atoms with Crippen molar-refractivity contribution in [2.75, 3.05) is 20.8 Å². The minimum Gasteiger partial charge on any atom is -0.497 e. The fourth-order valence-electron chi connectivity index (χ4n) is 1.51. The largest absolute Gasteiger partial charge is 0.497 e. The van der Waals surface area contributed by atoms with Gasteiger partial charge in [-0.25, -0.2) is 0 Å². The topological polar surface area (TPSA) is 30.5 Å². The van der Waals surface area contributed by atoms with E-state index in [2.05, 4.69) is 12.2 Å². The van der Waals surface area contributed by atoms with Crippen LogP contribution in [0.3, 0.4) is 0 Å². The summed E-state index contributed by atoms with van der Waals surface area (Å²) in [5.74, 6) is 1.68. The SMILES string of the molecule is C/C=C/COc1cc(OC)ccc1C(C)NC. The van der Waals surface area contributed by atoms with Gasteiger partial charge in [-0.3, -0.25) is 0 Å². The first kappa shape index (κ1) is 13.6. The number of allylic oxidation sites excluding steroid dienone is 1. The molecule has 94 valence electrons. The molecular weight excluding hydrogens is 214 g/mol. The van der Waals surface area contributed by atoms with Crippen LogP contribution in [0.5, 0.6) is 11.5 Å². The second-order valence-corrected chi connectivity index (χ2v) is 3.79. The molecule has 0 heterocycles. The highest BCUT2D eigenvalue weighted by atomic mass is 16.5. The quantitative estimate of drug-likeness (QED) is 0.769. The number of methoxy groups -OCH3 is 1. The Labute approximate surface area is 103 Å². The molecule has 3 nitrogen and oxygen atoms in total. The molecule has 1 N–H and O–H groups in total. The van der Waals surface area contributed by atoms with Crippen LogP contribution in [-0.2, 0) is 0 Å². The van der Waals surface area contributed by atoms with Gasteiger partial charge < -0.3 is 14.8 Å². The van der Waals surface area contributed by atoms with Gasteiger partial charge in [0.2, 0.25) is 0 Å². The Hall–Kier alpha value is -1.48. The smallest absolute Gasteiger partial charge is 0.128 e. The number of nitrogens with one attached hydrogen (secondary N) is 1. The van der Waals surface area contributed by atoms with Crippen LogP contribution in [-0.4, -0.2) is 20.8 Å². The summed E-state index contributed by atoms with van der Waals surface area (Å²) in [6.07, 6.45) is 3.95. The molecular formula is C14H21NO2. The van der Waals surface area contributed by atoms with Crippen molar-refractivity contribution >= 4 is 0 Å². The first-order chi connectivity index (χ1) is 8.22. The second-order valence-electron chi connectivity index (χ2n) is 3.79. The van der Waals surface area contributed by atoms with E-state index in [-0.39, 0.29) is 6.04 Å². The van der Waals surface area contributed by atoms with Gasteiger partial charge in [0.25, 0.3) is 0 Å². The second kappa shape index (κ2) is 6.97. The molecule has 0 aliphatic rings. The number of benzene rings is 1. The maximum atomic E-state index is 5.74. The molecule has 1 atom stereocenters. The molecule has 1 aromatic carbocycles. The molecule has 3 heteroatoms. The highest BCUT2D eigenvalue weighted by Gasteiger charge is 2.10. The predicted molar refractivity (Wildman–Crippen MR) is 70.8 cm³/mol. The molecule has 17 heavy (non-hydrogen) atoms. The monoisotopic (exact) mass is 235 g/mol. The van der Waals surface area contributed by atoms with Crippen molar-refractivity contribution < 1.29 is 9.47 Å². The fourth-order valence-corrected chi connectivity index (χ4v) is 1.51. The summed E-state index contributed by atoms with van der Waals surface area (Å²) in [4.78, 5) is 0. The van der Waals surface area contributed by atoms with E-state index in [0.717, 1.165) is 17.1 Å². The zero-order valence-electron chi connectivity index (χ0n) is 11.0. The van der Waals surface area contributed by atoms with Crippen LogP contribution in [0.25, 0.3) is 0 Å². The number of hydrogen-bond donors (Lipinski definition) is 1. The Morgan fingerprint density at radius 2 is 2.18 bits per heavy atom. The molecule has 0 radical (unpaired) electrons. The van der Waals surface area contributed by atoms with Gasteiger partial charge in [-0.2, -0.15) is 0 Å². The molecule has 0 saturated carbocycles. The summed E-state index contributed by atoms with van der Waals surface area (Å²) in [5, 5.41) is 3.21. The zero-order valence-corrected chi connectivity index (χ0v) is 11.0. The maximum absolute atomic E-state index is 5.74. The van der Waals surface area contributed by atoms with Crippen LogP contribution in [0.4, 0.5) is 0 Å². The van der Waals surface area contributed by atoms with Crippen molar-refractivity contribution in [2.45, 2.75) is 19.9 Å². The summed E-state index contributed by atoms with van der Waals surface area (Å²) in [7, 11) is 3.59. The molecule has 1 aromatic rings. The van der Waals surface area contributed by atoms with Gasteiger partial charge in [0.1, 0.15) is 18.1 Å². The first-order valence-corrected chi connectivity index (χ1v) is 5.82. The van der Waals surface area contributed by atoms with Gasteiger partial charge in [0.05, 0.1) is 7.11 Å². The average molecular weight is 235 g/mol. The minimum absolute atomic E-state index is 0.251. The van der Waals surface area contributed by atoms with E-state index in [4.69, 9.17) is 9.47 Å². The highest BCUT2D eigenvalue weighted by molar-refractivity contribution is 5.42. The molecule has 1 rings (SSSR count). The maximum Gasteiger partial charge on any atom is 0.128 e. The third-order valence-electron chi connectivity index (χ3n) is 2.69. The summed E-state index contributed by atoms with van der Waals surface area (Å²) in [5.41, 5.74) is 1.14. The number of rotatable bonds is 6. The first-order valence-electron chi connectivity index (χ1n) is 5.82. The van der Waals surface area contributed by atoms with E-state index in [0.29, 0.717) is 6.61 Å². The van der Waals surface area contributed by atoms with E-state index >= 15 is 0 Å². The van der Waals surface area contributed by atoms with Gasteiger partial charge in [-0.05, 0) is 27.0 Å². The lowest BCUT2D eigenvalue weighted by Crippen LogP contribution is -2.13. The van der Waals surface area contributed by atoms with Crippen LogP contribution in [0, 0.1) is 0 Å². The Kier molecular flexibility index (Phi) is 5.57. The molecule has 0 fully saturated rings. The predicted octanol–water partition coefficient (Wildman–Crippen LogP) is 2.93. The van der Waals surface area contributed by atoms with E-state index in [1.165, 1.54) is 0 Å². The van der Waals surface area contributed by atoms with Crippen LogP contribution in [0.2, 0.25) is 0 Å². The third-order valence-corrected chi connectivity index (χ3v) is 2.69. The van der Waals surface area contributed by atoms with Gasteiger partial charge >= 0.3 is 0 Å². The average Bonchev–Trinajstić information content (AvgIpc) is 2.38. The lowest BCUT2D eigenvalue weighted by atomic mass is 10.1. The Morgan fingerprint density at radius 3 is 2.76 bits per heavy atom. The molecule has 0 spiro atoms. The van der Waals surface area contributed by atoms with E-state index in [1.54, 1.807) is 7.11 Å². The van der Waals surface area contributed by atoms with E-state index in [9.17, 15) is 0 Å². The lowest BCUT2D eigenvalue weighted by Gasteiger charge is -2.16. The third kappa shape index (κ3) is 3.79. The molecule has 0 bridgehead atoms. The van der Waals surface area contributed by atoms with Gasteiger partial charge in [-0.15, -0.1) is 0 Å². The minimum atomic E-state index is 0.251. The molecule has 1 unspecified atom stereocenters. The molecule has 0 aromatic heterocycles. The van der Waals surface area contributed by atoms with Crippen molar-refractivity contribution in [1.82, 2.24) is 5.32 Å². The number of ether oxygens (including phenoxy) is 2. The zero-order chi connectivity index (χ0) is 12.7. The normalized spacial score (nSPS) is 12.7. The van der Waals surface area contributed by atoms with Crippen LogP contribution >= 0.6 is 0 Å². The Bertz CT molecular complexity index is 374. The highest BCUT2D eigenvalue weighted by Crippen LogP contribution is 2.29. The summed E-state index contributed by atoms with van der Waals surface area (Å²) in [6.45, 7) is 4.66. The summed E-state index contributed by atoms with van der Waals surface area (Å²) in [6, 6.07) is 6.16. The van der Waals surface area contributed by atoms with Crippen molar-refractivity contribution in [1.29, 1.82) is 0 Å². The summed E-state index contributed by atoms with van der Waals surface area (Å²) >= 11 is 0. The van der Waals surface area contributed by atoms with Gasteiger partial charge in [0, 0.05) is 17.7 Å². The Balaban J connectivity index is 2.94. The summed E-state index contributed by atoms with van der Waals surface area (Å²) < 4.78 is 10.9. The molecule has 0 aliphatic carbocycles.